The van der Waals surface area contributed by atoms with Gasteiger partial charge in [0, 0.05) is 4.88 Å². The molecule has 1 amide bonds. The smallest absolute Gasteiger partial charge is 0.257 e. The number of fused-ring (bicyclic) bond motifs is 1. The average Bonchev–Trinajstić information content (AvgIpc) is 2.93. The molecule has 1 aliphatic carbocycles. The Morgan fingerprint density at radius 1 is 1.33 bits per heavy atom. The van der Waals surface area contributed by atoms with E-state index in [1.165, 1.54) is 11.3 Å². The van der Waals surface area contributed by atoms with Gasteiger partial charge in [0.25, 0.3) is 5.91 Å². The summed E-state index contributed by atoms with van der Waals surface area (Å²) in [6.07, 6.45) is 2.64. The molecular formula is C20H19ClF2N2OS. The van der Waals surface area contributed by atoms with Crippen LogP contribution in [0.4, 0.5) is 13.8 Å². The molecule has 0 aliphatic heterocycles. The summed E-state index contributed by atoms with van der Waals surface area (Å²) < 4.78 is 26.7. The van der Waals surface area contributed by atoms with Crippen molar-refractivity contribution in [2.24, 2.45) is 11.3 Å². The van der Waals surface area contributed by atoms with Crippen molar-refractivity contribution in [3.63, 3.8) is 0 Å². The molecular weight excluding hydrogens is 390 g/mol. The van der Waals surface area contributed by atoms with Gasteiger partial charge in [0.1, 0.15) is 11.1 Å². The third-order valence-electron chi connectivity index (χ3n) is 5.08. The maximum atomic E-state index is 13.5. The molecule has 0 unspecified atom stereocenters. The number of benzene rings is 1. The molecule has 0 fully saturated rings. The van der Waals surface area contributed by atoms with Gasteiger partial charge in [0.2, 0.25) is 0 Å². The standard InChI is InChI=1S/C20H19ClF2N2OS/c1-20(2,3)10-4-5-11-13(9-24)19(27-17(11)6-10)25-18(26)12-7-15(22)16(23)8-14(12)21/h7-8,10H,4-6H2,1-3H3,(H,25,26)/t10-/m1/s1. The summed E-state index contributed by atoms with van der Waals surface area (Å²) in [6, 6.07) is 3.71. The van der Waals surface area contributed by atoms with E-state index in [2.05, 4.69) is 32.2 Å². The van der Waals surface area contributed by atoms with Crippen LogP contribution in [0.3, 0.4) is 0 Å². The molecule has 7 heteroatoms. The van der Waals surface area contributed by atoms with E-state index < -0.39 is 17.5 Å². The molecule has 0 saturated heterocycles. The summed E-state index contributed by atoms with van der Waals surface area (Å²) in [5.74, 6) is -2.43. The zero-order chi connectivity index (χ0) is 19.9. The minimum absolute atomic E-state index is 0.164. The van der Waals surface area contributed by atoms with Gasteiger partial charge < -0.3 is 5.32 Å². The molecule has 1 N–H and O–H groups in total. The minimum Gasteiger partial charge on any atom is -0.312 e. The van der Waals surface area contributed by atoms with Crippen molar-refractivity contribution in [2.45, 2.75) is 40.0 Å². The van der Waals surface area contributed by atoms with Gasteiger partial charge in [-0.15, -0.1) is 11.3 Å². The number of hydrogen-bond donors (Lipinski definition) is 1. The van der Waals surface area contributed by atoms with Crippen molar-refractivity contribution < 1.29 is 13.6 Å². The highest BCUT2D eigenvalue weighted by Crippen LogP contribution is 2.44. The lowest BCUT2D eigenvalue weighted by atomic mass is 9.72. The number of anilines is 1. The molecule has 3 rings (SSSR count). The predicted molar refractivity (Wildman–Crippen MR) is 103 cm³/mol. The number of amides is 1. The number of halogens is 3. The van der Waals surface area contributed by atoms with Gasteiger partial charge in [-0.2, -0.15) is 5.26 Å². The number of hydrogen-bond acceptors (Lipinski definition) is 3. The Bertz CT molecular complexity index is 956. The van der Waals surface area contributed by atoms with Crippen LogP contribution in [-0.4, -0.2) is 5.91 Å². The second-order valence-corrected chi connectivity index (χ2v) is 9.34. The summed E-state index contributed by atoms with van der Waals surface area (Å²) in [6.45, 7) is 6.61. The van der Waals surface area contributed by atoms with Crippen molar-refractivity contribution in [1.82, 2.24) is 0 Å². The molecule has 2 aromatic rings. The molecule has 1 aromatic carbocycles. The van der Waals surface area contributed by atoms with Crippen LogP contribution in [0.2, 0.25) is 5.02 Å². The van der Waals surface area contributed by atoms with Crippen LogP contribution in [0.15, 0.2) is 12.1 Å². The van der Waals surface area contributed by atoms with Gasteiger partial charge >= 0.3 is 0 Å². The van der Waals surface area contributed by atoms with Gasteiger partial charge in [0.05, 0.1) is 16.1 Å². The van der Waals surface area contributed by atoms with Gasteiger partial charge in [-0.05, 0) is 48.3 Å². The van der Waals surface area contributed by atoms with E-state index in [0.29, 0.717) is 16.5 Å². The van der Waals surface area contributed by atoms with E-state index in [9.17, 15) is 18.8 Å². The molecule has 0 saturated carbocycles. The number of carbonyl (C=O) groups excluding carboxylic acids is 1. The molecule has 0 spiro atoms. The Morgan fingerprint density at radius 2 is 2.00 bits per heavy atom. The Labute approximate surface area is 166 Å². The number of nitrogens with zero attached hydrogens (tertiary/aromatic N) is 1. The Balaban J connectivity index is 1.91. The monoisotopic (exact) mass is 408 g/mol. The molecule has 1 aromatic heterocycles. The van der Waals surface area contributed by atoms with E-state index in [1.807, 2.05) is 0 Å². The fraction of sp³-hybridized carbons (Fsp3) is 0.400. The number of nitrogens with one attached hydrogen (secondary N) is 1. The van der Waals surface area contributed by atoms with Crippen molar-refractivity contribution in [1.29, 1.82) is 5.26 Å². The Morgan fingerprint density at radius 3 is 2.63 bits per heavy atom. The van der Waals surface area contributed by atoms with Crippen molar-refractivity contribution in [3.8, 4) is 6.07 Å². The van der Waals surface area contributed by atoms with Gasteiger partial charge in [-0.3, -0.25) is 4.79 Å². The lowest BCUT2D eigenvalue weighted by molar-refractivity contribution is 0.102. The summed E-state index contributed by atoms with van der Waals surface area (Å²) in [4.78, 5) is 13.6. The first-order valence-corrected chi connectivity index (χ1v) is 9.81. The molecule has 142 valence electrons. The maximum absolute atomic E-state index is 13.5. The van der Waals surface area contributed by atoms with Crippen LogP contribution in [-0.2, 0) is 12.8 Å². The molecule has 1 aliphatic rings. The largest absolute Gasteiger partial charge is 0.312 e. The fourth-order valence-corrected chi connectivity index (χ4v) is 4.91. The molecule has 1 heterocycles. The highest BCUT2D eigenvalue weighted by molar-refractivity contribution is 7.16. The summed E-state index contributed by atoms with van der Waals surface area (Å²) in [7, 11) is 0. The van der Waals surface area contributed by atoms with E-state index in [1.54, 1.807) is 0 Å². The lowest BCUT2D eigenvalue weighted by Crippen LogP contribution is -2.26. The number of carbonyl (C=O) groups is 1. The van der Waals surface area contributed by atoms with E-state index in [0.717, 1.165) is 41.8 Å². The molecule has 27 heavy (non-hydrogen) atoms. The first kappa shape index (κ1) is 19.8. The third kappa shape index (κ3) is 3.85. The van der Waals surface area contributed by atoms with Crippen LogP contribution in [0.25, 0.3) is 0 Å². The molecule has 0 bridgehead atoms. The molecule has 1 atom stereocenters. The van der Waals surface area contributed by atoms with Gasteiger partial charge in [0.15, 0.2) is 11.6 Å². The van der Waals surface area contributed by atoms with Crippen LogP contribution >= 0.6 is 22.9 Å². The van der Waals surface area contributed by atoms with Crippen molar-refractivity contribution in [3.05, 3.63) is 50.4 Å². The first-order valence-electron chi connectivity index (χ1n) is 8.62. The summed E-state index contributed by atoms with van der Waals surface area (Å²) in [5.41, 5.74) is 1.43. The van der Waals surface area contributed by atoms with Crippen LogP contribution in [0.5, 0.6) is 0 Å². The average molecular weight is 409 g/mol. The first-order chi connectivity index (χ1) is 12.6. The van der Waals surface area contributed by atoms with Crippen LogP contribution < -0.4 is 5.32 Å². The highest BCUT2D eigenvalue weighted by atomic mass is 35.5. The number of rotatable bonds is 2. The summed E-state index contributed by atoms with van der Waals surface area (Å²) in [5, 5.41) is 12.5. The number of thiophene rings is 1. The van der Waals surface area contributed by atoms with Crippen LogP contribution in [0.1, 0.15) is 53.6 Å². The maximum Gasteiger partial charge on any atom is 0.257 e. The SMILES string of the molecule is CC(C)(C)[C@@H]1CCc2c(sc(NC(=O)c3cc(F)c(F)cc3Cl)c2C#N)C1. The van der Waals surface area contributed by atoms with Crippen LogP contribution in [0, 0.1) is 34.3 Å². The normalized spacial score (nSPS) is 16.6. The zero-order valence-corrected chi connectivity index (χ0v) is 16.8. The van der Waals surface area contributed by atoms with Gasteiger partial charge in [-0.1, -0.05) is 32.4 Å². The fourth-order valence-electron chi connectivity index (χ4n) is 3.40. The van der Waals surface area contributed by atoms with Crippen molar-refractivity contribution in [2.75, 3.05) is 5.32 Å². The lowest BCUT2D eigenvalue weighted by Gasteiger charge is -2.33. The second kappa shape index (κ2) is 7.21. The predicted octanol–water partition coefficient (Wildman–Crippen LogP) is 5.95. The van der Waals surface area contributed by atoms with Crippen molar-refractivity contribution >= 4 is 33.8 Å². The van der Waals surface area contributed by atoms with E-state index >= 15 is 0 Å². The quantitative estimate of drug-likeness (QED) is 0.624. The molecule has 3 nitrogen and oxygen atoms in total. The summed E-state index contributed by atoms with van der Waals surface area (Å²) >= 11 is 7.25. The minimum atomic E-state index is -1.15. The molecule has 0 radical (unpaired) electrons. The highest BCUT2D eigenvalue weighted by Gasteiger charge is 2.32. The number of nitriles is 1. The van der Waals surface area contributed by atoms with E-state index in [-0.39, 0.29) is 16.0 Å². The Kier molecular flexibility index (Phi) is 5.29. The second-order valence-electron chi connectivity index (χ2n) is 7.83. The van der Waals surface area contributed by atoms with Gasteiger partial charge in [-0.25, -0.2) is 8.78 Å². The zero-order valence-electron chi connectivity index (χ0n) is 15.3. The third-order valence-corrected chi connectivity index (χ3v) is 6.57. The topological polar surface area (TPSA) is 52.9 Å². The van der Waals surface area contributed by atoms with E-state index in [4.69, 9.17) is 11.6 Å². The Hall–Kier alpha value is -1.97.